The van der Waals surface area contributed by atoms with E-state index in [0.29, 0.717) is 11.4 Å². The van der Waals surface area contributed by atoms with Gasteiger partial charge in [-0.25, -0.2) is 31.5 Å². The van der Waals surface area contributed by atoms with Crippen LogP contribution < -0.4 is 4.72 Å². The van der Waals surface area contributed by atoms with Crippen LogP contribution in [0.25, 0.3) is 0 Å². The van der Waals surface area contributed by atoms with Crippen LogP contribution in [0.1, 0.15) is 11.4 Å². The van der Waals surface area contributed by atoms with Gasteiger partial charge in [-0.1, -0.05) is 12.1 Å². The van der Waals surface area contributed by atoms with Crippen molar-refractivity contribution in [3.8, 4) is 0 Å². The highest BCUT2D eigenvalue weighted by molar-refractivity contribution is 7.95. The molecule has 0 atom stereocenters. The van der Waals surface area contributed by atoms with Crippen LogP contribution in [-0.4, -0.2) is 33.1 Å². The summed E-state index contributed by atoms with van der Waals surface area (Å²) in [5.41, 5.74) is 1.20. The first-order valence-corrected chi connectivity index (χ1v) is 9.61. The molecular formula is C13H15N3O4S2. The molecule has 0 unspecified atom stereocenters. The van der Waals surface area contributed by atoms with Gasteiger partial charge < -0.3 is 0 Å². The number of nitrogens with zero attached hydrogens (tertiary/aromatic N) is 2. The van der Waals surface area contributed by atoms with E-state index in [1.54, 1.807) is 19.9 Å². The molecule has 0 saturated heterocycles. The molecule has 9 heteroatoms. The maximum Gasteiger partial charge on any atom is 0.265 e. The highest BCUT2D eigenvalue weighted by Crippen LogP contribution is 2.22. The van der Waals surface area contributed by atoms with Crippen LogP contribution in [0.3, 0.4) is 0 Å². The van der Waals surface area contributed by atoms with Crippen molar-refractivity contribution < 1.29 is 16.8 Å². The van der Waals surface area contributed by atoms with Crippen molar-refractivity contribution >= 4 is 25.8 Å². The first-order valence-electron chi connectivity index (χ1n) is 6.24. The van der Waals surface area contributed by atoms with E-state index < -0.39 is 19.9 Å². The number of rotatable bonds is 4. The molecule has 118 valence electrons. The highest BCUT2D eigenvalue weighted by atomic mass is 32.2. The Hall–Kier alpha value is -2.00. The van der Waals surface area contributed by atoms with Gasteiger partial charge in [0, 0.05) is 17.6 Å². The third-order valence-electron chi connectivity index (χ3n) is 2.75. The summed E-state index contributed by atoms with van der Waals surface area (Å²) in [7, 11) is -7.80. The maximum atomic E-state index is 12.4. The molecule has 0 bridgehead atoms. The summed E-state index contributed by atoms with van der Waals surface area (Å²) in [4.78, 5) is 7.37. The summed E-state index contributed by atoms with van der Waals surface area (Å²) in [6.07, 6.45) is 0.953. The molecule has 0 fully saturated rings. The van der Waals surface area contributed by atoms with Gasteiger partial charge in [0.2, 0.25) is 5.95 Å². The lowest BCUT2D eigenvalue weighted by atomic mass is 10.4. The number of hydrogen-bond donors (Lipinski definition) is 1. The van der Waals surface area contributed by atoms with Gasteiger partial charge >= 0.3 is 0 Å². The Kier molecular flexibility index (Phi) is 4.21. The average molecular weight is 341 g/mol. The molecule has 22 heavy (non-hydrogen) atoms. The highest BCUT2D eigenvalue weighted by Gasteiger charge is 2.24. The summed E-state index contributed by atoms with van der Waals surface area (Å²) in [5, 5.41) is 0. The van der Waals surface area contributed by atoms with E-state index in [9.17, 15) is 16.8 Å². The van der Waals surface area contributed by atoms with Crippen molar-refractivity contribution in [3.63, 3.8) is 0 Å². The zero-order valence-corrected chi connectivity index (χ0v) is 13.9. The standard InChI is InChI=1S/C13H15N3O4S2/c1-9-8-10(2)15-13(14-9)16-22(19,20)12-7-5-4-6-11(12)21(3,17)18/h4-8H,1-3H3,(H,14,15,16). The van der Waals surface area contributed by atoms with E-state index in [1.807, 2.05) is 0 Å². The first-order chi connectivity index (χ1) is 10.1. The number of sulfone groups is 1. The molecule has 0 radical (unpaired) electrons. The predicted octanol–water partition coefficient (Wildman–Crippen LogP) is 1.30. The fourth-order valence-corrected chi connectivity index (χ4v) is 4.50. The summed E-state index contributed by atoms with van der Waals surface area (Å²) in [5.74, 6) is -0.0965. The van der Waals surface area contributed by atoms with Crippen molar-refractivity contribution in [3.05, 3.63) is 41.7 Å². The number of nitrogens with one attached hydrogen (secondary N) is 1. The third kappa shape index (κ3) is 3.60. The molecule has 0 spiro atoms. The van der Waals surface area contributed by atoms with Crippen molar-refractivity contribution in [1.82, 2.24) is 9.97 Å². The van der Waals surface area contributed by atoms with Crippen LogP contribution in [0, 0.1) is 13.8 Å². The summed E-state index contributed by atoms with van der Waals surface area (Å²) >= 11 is 0. The zero-order valence-electron chi connectivity index (χ0n) is 12.2. The first kappa shape index (κ1) is 16.4. The van der Waals surface area contributed by atoms with E-state index in [0.717, 1.165) is 6.26 Å². The van der Waals surface area contributed by atoms with E-state index in [-0.39, 0.29) is 15.7 Å². The van der Waals surface area contributed by atoms with E-state index >= 15 is 0 Å². The van der Waals surface area contributed by atoms with Gasteiger partial charge in [-0.2, -0.15) is 0 Å². The van der Waals surface area contributed by atoms with Crippen molar-refractivity contribution in [2.24, 2.45) is 0 Å². The minimum Gasteiger partial charge on any atom is -0.247 e. The lowest BCUT2D eigenvalue weighted by Gasteiger charge is -2.10. The largest absolute Gasteiger partial charge is 0.265 e. The third-order valence-corrected chi connectivity index (χ3v) is 5.42. The Morgan fingerprint density at radius 2 is 1.41 bits per heavy atom. The van der Waals surface area contributed by atoms with Gasteiger partial charge in [0.15, 0.2) is 9.84 Å². The molecule has 0 aliphatic carbocycles. The maximum absolute atomic E-state index is 12.4. The fraction of sp³-hybridized carbons (Fsp3) is 0.231. The van der Waals surface area contributed by atoms with Gasteiger partial charge in [0.05, 0.1) is 4.90 Å². The van der Waals surface area contributed by atoms with Gasteiger partial charge in [0.1, 0.15) is 4.90 Å². The average Bonchev–Trinajstić information content (AvgIpc) is 2.36. The van der Waals surface area contributed by atoms with Gasteiger partial charge in [-0.15, -0.1) is 0 Å². The summed E-state index contributed by atoms with van der Waals surface area (Å²) < 4.78 is 50.6. The van der Waals surface area contributed by atoms with E-state index in [1.165, 1.54) is 24.3 Å². The Labute approximate surface area is 129 Å². The molecule has 7 nitrogen and oxygen atoms in total. The molecule has 0 amide bonds. The summed E-state index contributed by atoms with van der Waals surface area (Å²) in [6.45, 7) is 3.41. The normalized spacial score (nSPS) is 12.1. The fourth-order valence-electron chi connectivity index (χ4n) is 1.93. The van der Waals surface area contributed by atoms with Gasteiger partial charge in [-0.05, 0) is 32.0 Å². The molecule has 0 aliphatic rings. The van der Waals surface area contributed by atoms with E-state index in [2.05, 4.69) is 14.7 Å². The monoisotopic (exact) mass is 341 g/mol. The topological polar surface area (TPSA) is 106 Å². The summed E-state index contributed by atoms with van der Waals surface area (Å²) in [6, 6.07) is 7.07. The van der Waals surface area contributed by atoms with Crippen LogP contribution in [0.4, 0.5) is 5.95 Å². The molecule has 0 saturated carbocycles. The minimum absolute atomic E-state index is 0.0965. The second-order valence-corrected chi connectivity index (χ2v) is 8.43. The van der Waals surface area contributed by atoms with Crippen molar-refractivity contribution in [2.75, 3.05) is 11.0 Å². The quantitative estimate of drug-likeness (QED) is 0.898. The lowest BCUT2D eigenvalue weighted by Crippen LogP contribution is -2.18. The van der Waals surface area contributed by atoms with Crippen LogP contribution in [0.5, 0.6) is 0 Å². The van der Waals surface area contributed by atoms with Crippen molar-refractivity contribution in [1.29, 1.82) is 0 Å². The SMILES string of the molecule is Cc1cc(C)nc(NS(=O)(=O)c2ccccc2S(C)(=O)=O)n1. The van der Waals surface area contributed by atoms with Crippen LogP contribution >= 0.6 is 0 Å². The molecular weight excluding hydrogens is 326 g/mol. The van der Waals surface area contributed by atoms with Crippen LogP contribution in [-0.2, 0) is 19.9 Å². The predicted molar refractivity (Wildman–Crippen MR) is 81.9 cm³/mol. The number of benzene rings is 1. The molecule has 2 aromatic rings. The van der Waals surface area contributed by atoms with Gasteiger partial charge in [-0.3, -0.25) is 0 Å². The minimum atomic E-state index is -4.11. The lowest BCUT2D eigenvalue weighted by molar-refractivity contribution is 0.588. The second kappa shape index (κ2) is 5.65. The number of sulfonamides is 1. The Bertz CT molecular complexity index is 902. The molecule has 1 N–H and O–H groups in total. The molecule has 2 rings (SSSR count). The molecule has 1 aromatic carbocycles. The Morgan fingerprint density at radius 1 is 0.909 bits per heavy atom. The Balaban J connectivity index is 2.53. The van der Waals surface area contributed by atoms with E-state index in [4.69, 9.17) is 0 Å². The smallest absolute Gasteiger partial charge is 0.247 e. The number of aromatic nitrogens is 2. The van der Waals surface area contributed by atoms with Crippen LogP contribution in [0.15, 0.2) is 40.1 Å². The molecule has 0 aliphatic heterocycles. The zero-order chi connectivity index (χ0) is 16.5. The second-order valence-electron chi connectivity index (χ2n) is 4.80. The molecule has 1 heterocycles. The Morgan fingerprint density at radius 3 is 1.91 bits per heavy atom. The number of aryl methyl sites for hydroxylation is 2. The van der Waals surface area contributed by atoms with Crippen molar-refractivity contribution in [2.45, 2.75) is 23.6 Å². The number of hydrogen-bond acceptors (Lipinski definition) is 6. The number of anilines is 1. The molecule has 1 aromatic heterocycles. The van der Waals surface area contributed by atoms with Crippen LogP contribution in [0.2, 0.25) is 0 Å². The van der Waals surface area contributed by atoms with Gasteiger partial charge in [0.25, 0.3) is 10.0 Å².